The van der Waals surface area contributed by atoms with Gasteiger partial charge < -0.3 is 10.1 Å². The number of hydrazine groups is 1. The number of carbonyl (C=O) groups is 3. The van der Waals surface area contributed by atoms with Crippen LogP contribution in [-0.2, 0) is 16.0 Å². The molecule has 150 valence electrons. The molecule has 4 amide bonds. The topological polar surface area (TPSA) is 87.7 Å². The molecule has 1 heterocycles. The second-order valence-corrected chi connectivity index (χ2v) is 6.97. The highest BCUT2D eigenvalue weighted by Gasteiger charge is 2.48. The quantitative estimate of drug-likeness (QED) is 0.559. The Hall–Kier alpha value is -3.61. The molecule has 7 heteroatoms. The van der Waals surface area contributed by atoms with E-state index in [1.54, 1.807) is 44.4 Å². The number of imide groups is 1. The molecule has 7 nitrogen and oxygen atoms in total. The fourth-order valence-electron chi connectivity index (χ4n) is 3.06. The molecular formula is C22H23N3O4. The van der Waals surface area contributed by atoms with E-state index in [1.807, 2.05) is 30.3 Å². The van der Waals surface area contributed by atoms with Crippen molar-refractivity contribution in [2.45, 2.75) is 25.3 Å². The van der Waals surface area contributed by atoms with Gasteiger partial charge in [-0.2, -0.15) is 5.01 Å². The van der Waals surface area contributed by atoms with Crippen molar-refractivity contribution in [2.75, 3.05) is 7.11 Å². The van der Waals surface area contributed by atoms with E-state index >= 15 is 0 Å². The predicted octanol–water partition coefficient (Wildman–Crippen LogP) is 2.68. The molecule has 2 aromatic carbocycles. The van der Waals surface area contributed by atoms with Gasteiger partial charge in [-0.1, -0.05) is 42.5 Å². The molecule has 1 unspecified atom stereocenters. The summed E-state index contributed by atoms with van der Waals surface area (Å²) in [4.78, 5) is 37.2. The second-order valence-electron chi connectivity index (χ2n) is 6.97. The van der Waals surface area contributed by atoms with Crippen LogP contribution < -0.4 is 15.5 Å². The molecule has 1 aliphatic heterocycles. The number of hydrogen-bond donors (Lipinski definition) is 2. The van der Waals surface area contributed by atoms with Crippen LogP contribution in [-0.4, -0.2) is 35.5 Å². The lowest BCUT2D eigenvalue weighted by atomic mass is 9.93. The highest BCUT2D eigenvalue weighted by molar-refractivity contribution is 6.08. The number of ether oxygens (including phenoxy) is 1. The number of nitrogens with one attached hydrogen (secondary N) is 2. The lowest BCUT2D eigenvalue weighted by Gasteiger charge is -2.21. The van der Waals surface area contributed by atoms with Crippen LogP contribution >= 0.6 is 0 Å². The minimum absolute atomic E-state index is 0.424. The molecule has 0 aromatic heterocycles. The summed E-state index contributed by atoms with van der Waals surface area (Å²) in [5.74, 6) is -0.402. The molecule has 2 aromatic rings. The predicted molar refractivity (Wildman–Crippen MR) is 109 cm³/mol. The molecule has 0 spiro atoms. The van der Waals surface area contributed by atoms with E-state index in [4.69, 9.17) is 4.74 Å². The Morgan fingerprint density at radius 1 is 1.17 bits per heavy atom. The van der Waals surface area contributed by atoms with Crippen LogP contribution in [0.2, 0.25) is 0 Å². The van der Waals surface area contributed by atoms with Crippen LogP contribution in [0, 0.1) is 0 Å². The summed E-state index contributed by atoms with van der Waals surface area (Å²) in [5, 5.41) is 3.42. The van der Waals surface area contributed by atoms with E-state index < -0.39 is 23.4 Å². The SMILES string of the molecule is COc1cccc(C=CC(=O)NN2C(=O)NC(C)(CCc3ccccc3)C2=O)c1. The van der Waals surface area contributed by atoms with Crippen LogP contribution in [0.4, 0.5) is 4.79 Å². The summed E-state index contributed by atoms with van der Waals surface area (Å²) < 4.78 is 5.13. The van der Waals surface area contributed by atoms with E-state index in [0.29, 0.717) is 18.6 Å². The van der Waals surface area contributed by atoms with Gasteiger partial charge in [-0.15, -0.1) is 0 Å². The molecule has 1 atom stereocenters. The van der Waals surface area contributed by atoms with Gasteiger partial charge in [-0.3, -0.25) is 15.0 Å². The van der Waals surface area contributed by atoms with Gasteiger partial charge in [0, 0.05) is 6.08 Å². The Bertz CT molecular complexity index is 942. The van der Waals surface area contributed by atoms with Gasteiger partial charge in [0.1, 0.15) is 11.3 Å². The number of urea groups is 1. The minimum atomic E-state index is -1.07. The van der Waals surface area contributed by atoms with Gasteiger partial charge in [0.2, 0.25) is 0 Å². The number of aryl methyl sites for hydroxylation is 1. The van der Waals surface area contributed by atoms with Crippen LogP contribution in [0.3, 0.4) is 0 Å². The van der Waals surface area contributed by atoms with E-state index in [-0.39, 0.29) is 0 Å². The minimum Gasteiger partial charge on any atom is -0.497 e. The van der Waals surface area contributed by atoms with Crippen molar-refractivity contribution in [1.29, 1.82) is 0 Å². The second kappa shape index (κ2) is 8.60. The number of rotatable bonds is 7. The number of carbonyl (C=O) groups excluding carboxylic acids is 3. The van der Waals surface area contributed by atoms with E-state index in [9.17, 15) is 14.4 Å². The third-order valence-corrected chi connectivity index (χ3v) is 4.76. The van der Waals surface area contributed by atoms with Crippen molar-refractivity contribution in [3.05, 3.63) is 71.8 Å². The zero-order valence-electron chi connectivity index (χ0n) is 16.3. The Labute approximate surface area is 169 Å². The average Bonchev–Trinajstić information content (AvgIpc) is 2.95. The summed E-state index contributed by atoms with van der Waals surface area (Å²) in [6.45, 7) is 1.66. The normalized spacial score (nSPS) is 18.8. The van der Waals surface area contributed by atoms with Crippen molar-refractivity contribution < 1.29 is 19.1 Å². The van der Waals surface area contributed by atoms with Gasteiger partial charge in [-0.05, 0) is 49.1 Å². The maximum atomic E-state index is 12.7. The smallest absolute Gasteiger partial charge is 0.344 e. The van der Waals surface area contributed by atoms with Gasteiger partial charge in [0.15, 0.2) is 0 Å². The largest absolute Gasteiger partial charge is 0.497 e. The maximum absolute atomic E-state index is 12.7. The van der Waals surface area contributed by atoms with Crippen LogP contribution in [0.15, 0.2) is 60.7 Å². The summed E-state index contributed by atoms with van der Waals surface area (Å²) in [7, 11) is 1.56. The number of hydrogen-bond acceptors (Lipinski definition) is 4. The molecular weight excluding hydrogens is 370 g/mol. The zero-order chi connectivity index (χ0) is 20.9. The van der Waals surface area contributed by atoms with Crippen molar-refractivity contribution in [1.82, 2.24) is 15.8 Å². The standard InChI is InChI=1S/C22H23N3O4/c1-22(14-13-16-7-4-3-5-8-16)20(27)25(21(28)23-22)24-19(26)12-11-17-9-6-10-18(15-17)29-2/h3-12,15H,13-14H2,1-2H3,(H,23,28)(H,24,26). The number of nitrogens with zero attached hydrogens (tertiary/aromatic N) is 1. The number of amides is 4. The third kappa shape index (κ3) is 4.82. The highest BCUT2D eigenvalue weighted by atomic mass is 16.5. The highest BCUT2D eigenvalue weighted by Crippen LogP contribution is 2.22. The molecule has 0 radical (unpaired) electrons. The van der Waals surface area contributed by atoms with Gasteiger partial charge in [-0.25, -0.2) is 4.79 Å². The van der Waals surface area contributed by atoms with Gasteiger partial charge in [0.05, 0.1) is 7.11 Å². The zero-order valence-corrected chi connectivity index (χ0v) is 16.3. The Morgan fingerprint density at radius 3 is 2.66 bits per heavy atom. The van der Waals surface area contributed by atoms with Crippen LogP contribution in [0.1, 0.15) is 24.5 Å². The molecule has 2 N–H and O–H groups in total. The maximum Gasteiger partial charge on any atom is 0.344 e. The van der Waals surface area contributed by atoms with Crippen LogP contribution in [0.5, 0.6) is 5.75 Å². The van der Waals surface area contributed by atoms with E-state index in [0.717, 1.165) is 16.1 Å². The molecule has 1 aliphatic rings. The third-order valence-electron chi connectivity index (χ3n) is 4.76. The average molecular weight is 393 g/mol. The molecule has 0 saturated carbocycles. The first-order valence-electron chi connectivity index (χ1n) is 9.25. The van der Waals surface area contributed by atoms with Crippen molar-refractivity contribution in [3.8, 4) is 5.75 Å². The molecule has 3 rings (SSSR count). The first kappa shape index (κ1) is 20.1. The Morgan fingerprint density at radius 2 is 1.93 bits per heavy atom. The fraction of sp³-hybridized carbons (Fsp3) is 0.227. The summed E-state index contributed by atoms with van der Waals surface area (Å²) >= 11 is 0. The van der Waals surface area contributed by atoms with Crippen molar-refractivity contribution >= 4 is 23.9 Å². The summed E-state index contributed by atoms with van der Waals surface area (Å²) in [6, 6.07) is 16.2. The monoisotopic (exact) mass is 393 g/mol. The van der Waals surface area contributed by atoms with Crippen molar-refractivity contribution in [3.63, 3.8) is 0 Å². The molecule has 0 aliphatic carbocycles. The summed E-state index contributed by atoms with van der Waals surface area (Å²) in [6.07, 6.45) is 3.88. The fourth-order valence-corrected chi connectivity index (χ4v) is 3.06. The van der Waals surface area contributed by atoms with E-state index in [2.05, 4.69) is 10.7 Å². The lowest BCUT2D eigenvalue weighted by molar-refractivity contribution is -0.137. The molecule has 29 heavy (non-hydrogen) atoms. The van der Waals surface area contributed by atoms with Crippen molar-refractivity contribution in [2.24, 2.45) is 0 Å². The number of methoxy groups -OCH3 is 1. The lowest BCUT2D eigenvalue weighted by Crippen LogP contribution is -2.48. The molecule has 1 saturated heterocycles. The van der Waals surface area contributed by atoms with Gasteiger partial charge in [0.25, 0.3) is 11.8 Å². The first-order valence-corrected chi connectivity index (χ1v) is 9.25. The Balaban J connectivity index is 1.61. The molecule has 1 fully saturated rings. The van der Waals surface area contributed by atoms with Crippen LogP contribution in [0.25, 0.3) is 6.08 Å². The van der Waals surface area contributed by atoms with E-state index in [1.165, 1.54) is 6.08 Å². The van der Waals surface area contributed by atoms with Gasteiger partial charge >= 0.3 is 6.03 Å². The molecule has 0 bridgehead atoms. The number of benzene rings is 2. The first-order chi connectivity index (χ1) is 13.9. The Kier molecular flexibility index (Phi) is 5.97. The summed E-state index contributed by atoms with van der Waals surface area (Å²) in [5.41, 5.74) is 3.10.